The number of fused-ring (bicyclic) bond motifs is 3. The van der Waals surface area contributed by atoms with Gasteiger partial charge in [0.15, 0.2) is 0 Å². The number of hydrogen-bond acceptors (Lipinski definition) is 5. The molecule has 31 heavy (non-hydrogen) atoms. The van der Waals surface area contributed by atoms with Crippen LogP contribution >= 0.6 is 0 Å². The maximum Gasteiger partial charge on any atom is 0.328 e. The molecule has 3 aliphatic rings. The molecular formula is C24H29N5O2. The van der Waals surface area contributed by atoms with E-state index in [4.69, 9.17) is 0 Å². The first-order valence-electron chi connectivity index (χ1n) is 10.9. The second kappa shape index (κ2) is 7.66. The molecule has 0 aliphatic carbocycles. The summed E-state index contributed by atoms with van der Waals surface area (Å²) in [6, 6.07) is 15.7. The van der Waals surface area contributed by atoms with Gasteiger partial charge in [-0.3, -0.25) is 19.9 Å². The predicted octanol–water partition coefficient (Wildman–Crippen LogP) is 2.49. The molecule has 7 heteroatoms. The minimum atomic E-state index is -0.385. The van der Waals surface area contributed by atoms with Crippen molar-refractivity contribution in [1.82, 2.24) is 20.0 Å². The van der Waals surface area contributed by atoms with Gasteiger partial charge in [-0.25, -0.2) is 4.79 Å². The molecule has 0 radical (unpaired) electrons. The van der Waals surface area contributed by atoms with Crippen molar-refractivity contribution < 1.29 is 9.59 Å². The quantitative estimate of drug-likeness (QED) is 0.828. The number of imide groups is 1. The normalized spacial score (nSPS) is 26.3. The second-order valence-electron chi connectivity index (χ2n) is 8.81. The standard InChI is InChI=1S/C24H29N5O2/c1-16-8-6-10-18(14-16)15-29-22(30)20-21(26(3)24(29)31)25-23-27(12-7-13-28(20)23)19-11-5-4-9-17(19)2/h4-6,8-11,14,20-21,23,25H,7,12-13,15H2,1-3H3. The van der Waals surface area contributed by atoms with Crippen LogP contribution in [0.25, 0.3) is 0 Å². The molecule has 5 rings (SSSR count). The van der Waals surface area contributed by atoms with Gasteiger partial charge < -0.3 is 9.80 Å². The molecular weight excluding hydrogens is 390 g/mol. The highest BCUT2D eigenvalue weighted by atomic mass is 16.2. The molecule has 3 amide bonds. The highest BCUT2D eigenvalue weighted by Gasteiger charge is 2.56. The van der Waals surface area contributed by atoms with Crippen LogP contribution in [0.2, 0.25) is 0 Å². The molecule has 3 heterocycles. The lowest BCUT2D eigenvalue weighted by Crippen LogP contribution is -2.66. The van der Waals surface area contributed by atoms with Crippen molar-refractivity contribution in [2.24, 2.45) is 0 Å². The average molecular weight is 420 g/mol. The molecule has 3 atom stereocenters. The Bertz CT molecular complexity index is 1020. The average Bonchev–Trinajstić information content (AvgIpc) is 3.16. The monoisotopic (exact) mass is 419 g/mol. The molecule has 3 fully saturated rings. The second-order valence-corrected chi connectivity index (χ2v) is 8.81. The van der Waals surface area contributed by atoms with Crippen LogP contribution in [-0.2, 0) is 11.3 Å². The van der Waals surface area contributed by atoms with Gasteiger partial charge >= 0.3 is 6.03 Å². The van der Waals surface area contributed by atoms with Crippen molar-refractivity contribution in [3.05, 3.63) is 65.2 Å². The Labute approximate surface area is 183 Å². The number of benzene rings is 2. The van der Waals surface area contributed by atoms with Gasteiger partial charge in [0.05, 0.1) is 6.54 Å². The fourth-order valence-electron chi connectivity index (χ4n) is 5.19. The fourth-order valence-corrected chi connectivity index (χ4v) is 5.19. The van der Waals surface area contributed by atoms with E-state index >= 15 is 0 Å². The van der Waals surface area contributed by atoms with E-state index < -0.39 is 0 Å². The summed E-state index contributed by atoms with van der Waals surface area (Å²) in [5.41, 5.74) is 4.46. The zero-order chi connectivity index (χ0) is 21.7. The van der Waals surface area contributed by atoms with Gasteiger partial charge in [-0.1, -0.05) is 48.0 Å². The van der Waals surface area contributed by atoms with Gasteiger partial charge in [0, 0.05) is 25.8 Å². The molecule has 1 N–H and O–H groups in total. The molecule has 0 spiro atoms. The number of hydrogen-bond donors (Lipinski definition) is 1. The van der Waals surface area contributed by atoms with Crippen LogP contribution in [0.1, 0.15) is 23.1 Å². The lowest BCUT2D eigenvalue weighted by Gasteiger charge is -2.44. The number of aryl methyl sites for hydroxylation is 2. The molecule has 3 aliphatic heterocycles. The van der Waals surface area contributed by atoms with Crippen molar-refractivity contribution in [1.29, 1.82) is 0 Å². The number of nitrogens with zero attached hydrogens (tertiary/aromatic N) is 4. The SMILES string of the molecule is Cc1cccc(CN2C(=O)C3C(NC4N(c5ccccc5C)CCCN34)N(C)C2=O)c1. The van der Waals surface area contributed by atoms with Crippen LogP contribution in [0.15, 0.2) is 48.5 Å². The van der Waals surface area contributed by atoms with Gasteiger partial charge in [0.1, 0.15) is 18.5 Å². The predicted molar refractivity (Wildman–Crippen MR) is 119 cm³/mol. The largest absolute Gasteiger partial charge is 0.343 e. The van der Waals surface area contributed by atoms with Crippen LogP contribution in [-0.4, -0.2) is 65.3 Å². The number of nitrogens with one attached hydrogen (secondary N) is 1. The van der Waals surface area contributed by atoms with Crippen molar-refractivity contribution in [2.75, 3.05) is 25.0 Å². The Balaban J connectivity index is 1.45. The van der Waals surface area contributed by atoms with Crippen LogP contribution in [0.3, 0.4) is 0 Å². The zero-order valence-corrected chi connectivity index (χ0v) is 18.3. The molecule has 7 nitrogen and oxygen atoms in total. The summed E-state index contributed by atoms with van der Waals surface area (Å²) in [6.45, 7) is 6.17. The smallest absolute Gasteiger partial charge is 0.328 e. The summed E-state index contributed by atoms with van der Waals surface area (Å²) in [6.07, 6.45) is 0.532. The highest BCUT2D eigenvalue weighted by molar-refractivity contribution is 6.00. The summed E-state index contributed by atoms with van der Waals surface area (Å²) in [5, 5.41) is 3.58. The van der Waals surface area contributed by atoms with Crippen molar-refractivity contribution >= 4 is 17.6 Å². The topological polar surface area (TPSA) is 59.1 Å². The molecule has 0 aromatic heterocycles. The number of amides is 3. The number of para-hydroxylation sites is 1. The molecule has 2 aromatic rings. The van der Waals surface area contributed by atoms with E-state index in [-0.39, 0.29) is 30.4 Å². The number of carbonyl (C=O) groups is 2. The number of anilines is 1. The summed E-state index contributed by atoms with van der Waals surface area (Å²) < 4.78 is 0. The Morgan fingerprint density at radius 3 is 2.61 bits per heavy atom. The van der Waals surface area contributed by atoms with Crippen LogP contribution in [0.5, 0.6) is 0 Å². The van der Waals surface area contributed by atoms with E-state index in [1.54, 1.807) is 11.9 Å². The molecule has 0 saturated carbocycles. The van der Waals surface area contributed by atoms with Crippen molar-refractivity contribution in [3.8, 4) is 0 Å². The first-order valence-corrected chi connectivity index (χ1v) is 10.9. The van der Waals surface area contributed by atoms with E-state index in [2.05, 4.69) is 34.2 Å². The van der Waals surface area contributed by atoms with E-state index in [0.29, 0.717) is 6.54 Å². The Morgan fingerprint density at radius 2 is 1.84 bits per heavy atom. The summed E-state index contributed by atoms with van der Waals surface area (Å²) in [4.78, 5) is 34.4. The van der Waals surface area contributed by atoms with E-state index in [1.165, 1.54) is 16.2 Å². The summed E-state index contributed by atoms with van der Waals surface area (Å²) in [7, 11) is 1.79. The summed E-state index contributed by atoms with van der Waals surface area (Å²) >= 11 is 0. The minimum absolute atomic E-state index is 0.108. The van der Waals surface area contributed by atoms with Crippen molar-refractivity contribution in [2.45, 2.75) is 45.3 Å². The highest BCUT2D eigenvalue weighted by Crippen LogP contribution is 2.34. The van der Waals surface area contributed by atoms with Gasteiger partial charge in [-0.2, -0.15) is 0 Å². The van der Waals surface area contributed by atoms with Crippen LogP contribution < -0.4 is 10.2 Å². The number of rotatable bonds is 3. The molecule has 3 saturated heterocycles. The molecule has 2 aromatic carbocycles. The zero-order valence-electron chi connectivity index (χ0n) is 18.3. The third-order valence-corrected chi connectivity index (χ3v) is 6.72. The van der Waals surface area contributed by atoms with Crippen LogP contribution in [0.4, 0.5) is 10.5 Å². The first-order chi connectivity index (χ1) is 15.0. The van der Waals surface area contributed by atoms with Crippen LogP contribution in [0, 0.1) is 13.8 Å². The van der Waals surface area contributed by atoms with Gasteiger partial charge in [0.25, 0.3) is 5.91 Å². The first kappa shape index (κ1) is 20.0. The Morgan fingerprint density at radius 1 is 1.03 bits per heavy atom. The van der Waals surface area contributed by atoms with E-state index in [0.717, 1.165) is 30.6 Å². The number of urea groups is 1. The lowest BCUT2D eigenvalue weighted by molar-refractivity contribution is -0.139. The van der Waals surface area contributed by atoms with E-state index in [1.807, 2.05) is 43.3 Å². The molecule has 162 valence electrons. The number of likely N-dealkylation sites (N-methyl/N-ethyl adjacent to an activating group) is 1. The van der Waals surface area contributed by atoms with Gasteiger partial charge in [-0.15, -0.1) is 0 Å². The lowest BCUT2D eigenvalue weighted by atomic mass is 10.1. The maximum atomic E-state index is 13.6. The molecule has 0 bridgehead atoms. The van der Waals surface area contributed by atoms with Gasteiger partial charge in [-0.05, 0) is 37.5 Å². The maximum absolute atomic E-state index is 13.6. The number of carbonyl (C=O) groups excluding carboxylic acids is 2. The van der Waals surface area contributed by atoms with E-state index in [9.17, 15) is 9.59 Å². The summed E-state index contributed by atoms with van der Waals surface area (Å²) in [5.74, 6) is -0.115. The minimum Gasteiger partial charge on any atom is -0.343 e. The third kappa shape index (κ3) is 3.28. The molecule has 3 unspecified atom stereocenters. The van der Waals surface area contributed by atoms with Gasteiger partial charge in [0.2, 0.25) is 0 Å². The third-order valence-electron chi connectivity index (χ3n) is 6.72. The van der Waals surface area contributed by atoms with Crippen molar-refractivity contribution in [3.63, 3.8) is 0 Å². The Hall–Kier alpha value is -2.90. The fraction of sp³-hybridized carbons (Fsp3) is 0.417. The Kier molecular flexibility index (Phi) is 4.95.